The topological polar surface area (TPSA) is 127 Å². The second kappa shape index (κ2) is 8.90. The van der Waals surface area contributed by atoms with Gasteiger partial charge in [0.1, 0.15) is 17.0 Å². The first kappa shape index (κ1) is 22.1. The standard InChI is InChI=1S/C15H10N4O3.C10H11NO2/c20-14-13(18-15(21)19-14)12-6-10-11(22-12)4-3-9(17-10)8-2-1-5-16-7-8;1-11-6-7-3-4-8(13-2)5-9(7)10(11)12/h1-7,13H,(H2,18,19,20,21);3-5H,6H2,1-2H3. The van der Waals surface area contributed by atoms with Crippen LogP contribution in [-0.4, -0.2) is 46.9 Å². The summed E-state index contributed by atoms with van der Waals surface area (Å²) in [5.74, 6) is 0.738. The number of rotatable bonds is 3. The number of ether oxygens (including phenoxy) is 1. The van der Waals surface area contributed by atoms with E-state index in [0.29, 0.717) is 23.4 Å². The Bertz CT molecular complexity index is 1450. The van der Waals surface area contributed by atoms with Crippen LogP contribution in [0.2, 0.25) is 0 Å². The Kier molecular flexibility index (Phi) is 5.61. The summed E-state index contributed by atoms with van der Waals surface area (Å²) < 4.78 is 10.7. The second-order valence-electron chi connectivity index (χ2n) is 8.05. The van der Waals surface area contributed by atoms with Crippen LogP contribution in [0, 0.1) is 0 Å². The molecule has 0 spiro atoms. The first-order chi connectivity index (χ1) is 16.9. The number of benzene rings is 1. The highest BCUT2D eigenvalue weighted by Gasteiger charge is 2.33. The number of nitrogens with zero attached hydrogens (tertiary/aromatic N) is 3. The number of carbonyl (C=O) groups is 3. The molecule has 1 atom stereocenters. The molecule has 176 valence electrons. The van der Waals surface area contributed by atoms with E-state index in [0.717, 1.165) is 28.1 Å². The summed E-state index contributed by atoms with van der Waals surface area (Å²) in [5.41, 5.74) is 4.66. The molecule has 4 amide bonds. The van der Waals surface area contributed by atoms with Crippen molar-refractivity contribution in [2.45, 2.75) is 12.6 Å². The molecule has 0 saturated carbocycles. The molecule has 0 bridgehead atoms. The average Bonchev–Trinajstić information content (AvgIpc) is 3.53. The molecule has 3 aromatic heterocycles. The molecule has 5 heterocycles. The van der Waals surface area contributed by atoms with Crippen LogP contribution in [0.4, 0.5) is 4.79 Å². The molecular formula is C25H21N5O5. The number of aromatic nitrogens is 2. The van der Waals surface area contributed by atoms with Gasteiger partial charge in [0.05, 0.1) is 12.8 Å². The Morgan fingerprint density at radius 1 is 1.11 bits per heavy atom. The zero-order valence-corrected chi connectivity index (χ0v) is 18.9. The molecule has 1 saturated heterocycles. The first-order valence-electron chi connectivity index (χ1n) is 10.8. The number of hydrogen-bond donors (Lipinski definition) is 2. The van der Waals surface area contributed by atoms with Crippen molar-refractivity contribution < 1.29 is 23.5 Å². The van der Waals surface area contributed by atoms with Gasteiger partial charge in [-0.15, -0.1) is 0 Å². The van der Waals surface area contributed by atoms with Crippen LogP contribution in [0.3, 0.4) is 0 Å². The molecule has 1 unspecified atom stereocenters. The van der Waals surface area contributed by atoms with Gasteiger partial charge in [-0.25, -0.2) is 9.78 Å². The van der Waals surface area contributed by atoms with Crippen molar-refractivity contribution in [3.63, 3.8) is 0 Å². The van der Waals surface area contributed by atoms with E-state index in [2.05, 4.69) is 20.6 Å². The third-order valence-electron chi connectivity index (χ3n) is 5.71. The van der Waals surface area contributed by atoms with Crippen molar-refractivity contribution in [3.05, 3.63) is 77.8 Å². The molecular weight excluding hydrogens is 450 g/mol. The Morgan fingerprint density at radius 2 is 1.97 bits per heavy atom. The fourth-order valence-corrected chi connectivity index (χ4v) is 3.93. The van der Waals surface area contributed by atoms with Gasteiger partial charge in [0.15, 0.2) is 11.6 Å². The summed E-state index contributed by atoms with van der Waals surface area (Å²) in [6.45, 7) is 0.707. The molecule has 10 heteroatoms. The highest BCUT2D eigenvalue weighted by atomic mass is 16.5. The monoisotopic (exact) mass is 471 g/mol. The summed E-state index contributed by atoms with van der Waals surface area (Å²) in [4.78, 5) is 44.7. The predicted octanol–water partition coefficient (Wildman–Crippen LogP) is 3.05. The maximum absolute atomic E-state index is 11.7. The lowest BCUT2D eigenvalue weighted by atomic mass is 10.1. The van der Waals surface area contributed by atoms with Gasteiger partial charge in [0.2, 0.25) is 0 Å². The number of urea groups is 1. The van der Waals surface area contributed by atoms with Gasteiger partial charge >= 0.3 is 6.03 Å². The van der Waals surface area contributed by atoms with E-state index in [-0.39, 0.29) is 5.91 Å². The number of furan rings is 1. The number of methoxy groups -OCH3 is 1. The Labute approximate surface area is 199 Å². The van der Waals surface area contributed by atoms with Gasteiger partial charge in [-0.3, -0.25) is 19.9 Å². The lowest BCUT2D eigenvalue weighted by molar-refractivity contribution is -0.120. The van der Waals surface area contributed by atoms with Crippen LogP contribution in [-0.2, 0) is 11.3 Å². The van der Waals surface area contributed by atoms with Gasteiger partial charge < -0.3 is 19.4 Å². The molecule has 0 aliphatic carbocycles. The molecule has 1 fully saturated rings. The highest BCUT2D eigenvalue weighted by Crippen LogP contribution is 2.27. The van der Waals surface area contributed by atoms with Crippen LogP contribution >= 0.6 is 0 Å². The van der Waals surface area contributed by atoms with Gasteiger partial charge in [0.25, 0.3) is 11.8 Å². The third kappa shape index (κ3) is 4.29. The second-order valence-corrected chi connectivity index (χ2v) is 8.05. The van der Waals surface area contributed by atoms with E-state index in [1.807, 2.05) is 30.3 Å². The predicted molar refractivity (Wildman–Crippen MR) is 125 cm³/mol. The van der Waals surface area contributed by atoms with Gasteiger partial charge in [0, 0.05) is 43.2 Å². The van der Waals surface area contributed by atoms with Crippen molar-refractivity contribution in [1.29, 1.82) is 0 Å². The van der Waals surface area contributed by atoms with Crippen LogP contribution in [0.15, 0.2) is 65.3 Å². The molecule has 6 rings (SSSR count). The summed E-state index contributed by atoms with van der Waals surface area (Å²) in [7, 11) is 3.40. The fourth-order valence-electron chi connectivity index (χ4n) is 3.93. The van der Waals surface area contributed by atoms with Crippen molar-refractivity contribution in [1.82, 2.24) is 25.5 Å². The van der Waals surface area contributed by atoms with Crippen molar-refractivity contribution in [2.24, 2.45) is 0 Å². The molecule has 2 aliphatic rings. The summed E-state index contributed by atoms with van der Waals surface area (Å²) in [6, 6.07) is 13.3. The molecule has 0 radical (unpaired) electrons. The molecule has 2 aliphatic heterocycles. The minimum Gasteiger partial charge on any atom is -0.497 e. The van der Waals surface area contributed by atoms with Gasteiger partial charge in [-0.1, -0.05) is 6.07 Å². The number of fused-ring (bicyclic) bond motifs is 2. The number of imide groups is 1. The Hall–Kier alpha value is -4.73. The summed E-state index contributed by atoms with van der Waals surface area (Å²) in [6.07, 6.45) is 3.42. The van der Waals surface area contributed by atoms with Crippen molar-refractivity contribution in [3.8, 4) is 17.0 Å². The van der Waals surface area contributed by atoms with E-state index in [1.165, 1.54) is 0 Å². The molecule has 4 aromatic rings. The molecule has 2 N–H and O–H groups in total. The van der Waals surface area contributed by atoms with E-state index < -0.39 is 18.0 Å². The van der Waals surface area contributed by atoms with Crippen molar-refractivity contribution >= 4 is 28.9 Å². The average molecular weight is 471 g/mol. The van der Waals surface area contributed by atoms with Gasteiger partial charge in [-0.2, -0.15) is 0 Å². The minimum absolute atomic E-state index is 0.0777. The largest absolute Gasteiger partial charge is 0.497 e. The minimum atomic E-state index is -0.816. The van der Waals surface area contributed by atoms with E-state index in [4.69, 9.17) is 9.15 Å². The molecule has 1 aromatic carbocycles. The summed E-state index contributed by atoms with van der Waals surface area (Å²) in [5, 5.41) is 4.67. The number of amides is 4. The third-order valence-corrected chi connectivity index (χ3v) is 5.71. The molecule has 35 heavy (non-hydrogen) atoms. The summed E-state index contributed by atoms with van der Waals surface area (Å²) >= 11 is 0. The number of pyridine rings is 2. The lowest BCUT2D eigenvalue weighted by Gasteiger charge is -2.04. The smallest absolute Gasteiger partial charge is 0.322 e. The van der Waals surface area contributed by atoms with E-state index in [9.17, 15) is 14.4 Å². The molecule has 10 nitrogen and oxygen atoms in total. The van der Waals surface area contributed by atoms with Crippen LogP contribution in [0.25, 0.3) is 22.4 Å². The van der Waals surface area contributed by atoms with Crippen molar-refractivity contribution in [2.75, 3.05) is 14.2 Å². The quantitative estimate of drug-likeness (QED) is 0.440. The maximum atomic E-state index is 11.7. The Morgan fingerprint density at radius 3 is 2.69 bits per heavy atom. The number of hydrogen-bond acceptors (Lipinski definition) is 7. The first-order valence-corrected chi connectivity index (χ1v) is 10.8. The lowest BCUT2D eigenvalue weighted by Crippen LogP contribution is -2.22. The fraction of sp³-hybridized carbons (Fsp3) is 0.160. The van der Waals surface area contributed by atoms with Crippen LogP contribution < -0.4 is 15.4 Å². The number of nitrogens with one attached hydrogen (secondary N) is 2. The van der Waals surface area contributed by atoms with Crippen LogP contribution in [0.5, 0.6) is 5.75 Å². The highest BCUT2D eigenvalue weighted by molar-refractivity contribution is 6.04. The zero-order valence-electron chi connectivity index (χ0n) is 18.9. The van der Waals surface area contributed by atoms with E-state index >= 15 is 0 Å². The van der Waals surface area contributed by atoms with Crippen LogP contribution in [0.1, 0.15) is 27.7 Å². The zero-order chi connectivity index (χ0) is 24.5. The number of carbonyl (C=O) groups excluding carboxylic acids is 3. The normalized spacial score (nSPS) is 16.5. The van der Waals surface area contributed by atoms with E-state index in [1.54, 1.807) is 49.7 Å². The Balaban J connectivity index is 0.000000166. The maximum Gasteiger partial charge on any atom is 0.322 e. The van der Waals surface area contributed by atoms with Gasteiger partial charge in [-0.05, 0) is 42.0 Å². The SMILES string of the molecule is COc1ccc2c(c1)C(=O)N(C)C2.O=C1NC(=O)C(c2cc3nc(-c4cccnc4)ccc3o2)N1.